The molecule has 24 heavy (non-hydrogen) atoms. The van der Waals surface area contributed by atoms with Crippen LogP contribution in [0.15, 0.2) is 30.8 Å². The second-order valence-electron chi connectivity index (χ2n) is 5.86. The first kappa shape index (κ1) is 16.4. The number of aromatic nitrogens is 1. The van der Waals surface area contributed by atoms with Crippen molar-refractivity contribution in [2.75, 3.05) is 0 Å². The van der Waals surface area contributed by atoms with E-state index in [1.165, 1.54) is 19.1 Å². The molecule has 0 saturated carbocycles. The Kier molecular flexibility index (Phi) is 4.22. The Morgan fingerprint density at radius 2 is 2.08 bits per heavy atom. The topological polar surface area (TPSA) is 48.1 Å². The summed E-state index contributed by atoms with van der Waals surface area (Å²) < 4.78 is 46.6. The third-order valence-corrected chi connectivity index (χ3v) is 4.09. The van der Waals surface area contributed by atoms with Crippen LogP contribution in [0, 0.1) is 11.6 Å². The maximum atomic E-state index is 14.2. The van der Waals surface area contributed by atoms with Crippen LogP contribution >= 0.6 is 0 Å². The zero-order valence-electron chi connectivity index (χ0n) is 13.2. The molecule has 2 aromatic rings. The Morgan fingerprint density at radius 3 is 2.71 bits per heavy atom. The number of fused-ring (bicyclic) bond motifs is 1. The summed E-state index contributed by atoms with van der Waals surface area (Å²) in [5.74, 6) is -1.14. The lowest BCUT2D eigenvalue weighted by Gasteiger charge is -2.28. The third-order valence-electron chi connectivity index (χ3n) is 4.09. The molecule has 2 N–H and O–H groups in total. The van der Waals surface area contributed by atoms with E-state index in [1.54, 1.807) is 6.07 Å². The third kappa shape index (κ3) is 2.96. The van der Waals surface area contributed by atoms with Gasteiger partial charge in [0.1, 0.15) is 23.9 Å². The molecule has 0 bridgehead atoms. The highest BCUT2D eigenvalue weighted by molar-refractivity contribution is 5.74. The number of hydrogen-bond acceptors (Lipinski definition) is 3. The molecule has 2 heterocycles. The van der Waals surface area contributed by atoms with Crippen LogP contribution in [0.2, 0.25) is 0 Å². The zero-order valence-corrected chi connectivity index (χ0v) is 13.2. The van der Waals surface area contributed by atoms with Gasteiger partial charge in [-0.3, -0.25) is 0 Å². The van der Waals surface area contributed by atoms with Gasteiger partial charge in [-0.1, -0.05) is 6.58 Å². The lowest BCUT2D eigenvalue weighted by Crippen LogP contribution is -2.31. The minimum atomic E-state index is -1.16. The highest BCUT2D eigenvalue weighted by atomic mass is 19.1. The summed E-state index contributed by atoms with van der Waals surface area (Å²) in [6.07, 6.45) is -0.844. The molecule has 0 saturated heterocycles. The van der Waals surface area contributed by atoms with Crippen LogP contribution in [0.4, 0.5) is 13.2 Å². The monoisotopic (exact) mass is 334 g/mol. The van der Waals surface area contributed by atoms with Crippen LogP contribution in [0.3, 0.4) is 0 Å². The van der Waals surface area contributed by atoms with E-state index in [-0.39, 0.29) is 17.1 Å². The summed E-state index contributed by atoms with van der Waals surface area (Å²) in [6, 6.07) is 4.95. The van der Waals surface area contributed by atoms with E-state index in [2.05, 4.69) is 11.6 Å². The van der Waals surface area contributed by atoms with Gasteiger partial charge in [0, 0.05) is 17.2 Å². The quantitative estimate of drug-likeness (QED) is 0.923. The molecule has 6 heteroatoms. The van der Waals surface area contributed by atoms with Crippen molar-refractivity contribution in [2.24, 2.45) is 5.73 Å². The number of pyridine rings is 1. The second kappa shape index (κ2) is 6.19. The van der Waals surface area contributed by atoms with Crippen LogP contribution in [-0.4, -0.2) is 17.3 Å². The molecule has 0 radical (unpaired) electrons. The predicted molar refractivity (Wildman–Crippen MR) is 86.1 cm³/mol. The van der Waals surface area contributed by atoms with Gasteiger partial charge in [0.2, 0.25) is 5.88 Å². The molecule has 0 spiro atoms. The van der Waals surface area contributed by atoms with Crippen LogP contribution in [-0.2, 0) is 6.42 Å². The first-order chi connectivity index (χ1) is 11.4. The largest absolute Gasteiger partial charge is 0.471 e. The van der Waals surface area contributed by atoms with Crippen LogP contribution < -0.4 is 10.5 Å². The van der Waals surface area contributed by atoms with E-state index in [0.29, 0.717) is 29.7 Å². The Balaban J connectivity index is 2.17. The molecule has 3 nitrogen and oxygen atoms in total. The number of benzene rings is 1. The van der Waals surface area contributed by atoms with E-state index in [9.17, 15) is 13.2 Å². The molecule has 2 atom stereocenters. The van der Waals surface area contributed by atoms with Gasteiger partial charge in [-0.05, 0) is 43.5 Å². The van der Waals surface area contributed by atoms with Gasteiger partial charge in [0.05, 0.1) is 11.4 Å². The maximum absolute atomic E-state index is 14.2. The van der Waals surface area contributed by atoms with Gasteiger partial charge in [-0.25, -0.2) is 18.2 Å². The summed E-state index contributed by atoms with van der Waals surface area (Å²) in [5, 5.41) is 0. The summed E-state index contributed by atoms with van der Waals surface area (Å²) in [4.78, 5) is 4.27. The number of ether oxygens (including phenoxy) is 1. The first-order valence-electron chi connectivity index (χ1n) is 7.61. The van der Waals surface area contributed by atoms with Gasteiger partial charge in [-0.2, -0.15) is 0 Å². The molecule has 0 amide bonds. The number of rotatable bonds is 3. The number of halogens is 3. The summed E-state index contributed by atoms with van der Waals surface area (Å²) in [7, 11) is 0. The summed E-state index contributed by atoms with van der Waals surface area (Å²) >= 11 is 0. The fourth-order valence-electron chi connectivity index (χ4n) is 2.81. The predicted octanol–water partition coefficient (Wildman–Crippen LogP) is 4.01. The van der Waals surface area contributed by atoms with Gasteiger partial charge >= 0.3 is 0 Å². The van der Waals surface area contributed by atoms with Crippen LogP contribution in [0.5, 0.6) is 5.88 Å². The van der Waals surface area contributed by atoms with E-state index in [1.807, 2.05) is 0 Å². The summed E-state index contributed by atoms with van der Waals surface area (Å²) in [6.45, 7) is 5.05. The SMILES string of the molecule is C=C(N)c1cc(-c2ccc(F)cc2F)c2c(n1)OC(C(C)F)CC2. The van der Waals surface area contributed by atoms with Crippen molar-refractivity contribution in [1.29, 1.82) is 0 Å². The molecule has 1 aliphatic heterocycles. The second-order valence-corrected chi connectivity index (χ2v) is 5.86. The molecular weight excluding hydrogens is 317 g/mol. The first-order valence-corrected chi connectivity index (χ1v) is 7.61. The Labute approximate surface area is 138 Å². The van der Waals surface area contributed by atoms with Crippen molar-refractivity contribution in [3.05, 3.63) is 53.7 Å². The van der Waals surface area contributed by atoms with E-state index in [0.717, 1.165) is 6.07 Å². The molecular formula is C18H17F3N2O. The van der Waals surface area contributed by atoms with Gasteiger partial charge in [-0.15, -0.1) is 0 Å². The number of nitrogens with zero attached hydrogens (tertiary/aromatic N) is 1. The summed E-state index contributed by atoms with van der Waals surface area (Å²) in [5.41, 5.74) is 7.58. The molecule has 0 aliphatic carbocycles. The molecule has 1 aromatic heterocycles. The number of hydrogen-bond donors (Lipinski definition) is 1. The smallest absolute Gasteiger partial charge is 0.218 e. The lowest BCUT2D eigenvalue weighted by atomic mass is 9.93. The normalized spacial score (nSPS) is 17.8. The van der Waals surface area contributed by atoms with E-state index >= 15 is 0 Å². The Hall–Kier alpha value is -2.50. The van der Waals surface area contributed by atoms with Gasteiger partial charge < -0.3 is 10.5 Å². The Bertz CT molecular complexity index is 805. The molecule has 1 aliphatic rings. The van der Waals surface area contributed by atoms with Crippen molar-refractivity contribution >= 4 is 5.70 Å². The molecule has 1 aromatic carbocycles. The van der Waals surface area contributed by atoms with Gasteiger partial charge in [0.15, 0.2) is 0 Å². The molecule has 3 rings (SSSR count). The van der Waals surface area contributed by atoms with Gasteiger partial charge in [0.25, 0.3) is 0 Å². The molecule has 126 valence electrons. The van der Waals surface area contributed by atoms with E-state index in [4.69, 9.17) is 10.5 Å². The van der Waals surface area contributed by atoms with Crippen molar-refractivity contribution in [1.82, 2.24) is 4.98 Å². The zero-order chi connectivity index (χ0) is 17.4. The number of nitrogens with two attached hydrogens (primary N) is 1. The average Bonchev–Trinajstić information content (AvgIpc) is 2.53. The fraction of sp³-hybridized carbons (Fsp3) is 0.278. The molecule has 0 fully saturated rings. The molecule has 2 unspecified atom stereocenters. The highest BCUT2D eigenvalue weighted by Crippen LogP contribution is 2.37. The maximum Gasteiger partial charge on any atom is 0.218 e. The minimum Gasteiger partial charge on any atom is -0.471 e. The number of alkyl halides is 1. The average molecular weight is 334 g/mol. The van der Waals surface area contributed by atoms with Crippen LogP contribution in [0.25, 0.3) is 16.8 Å². The van der Waals surface area contributed by atoms with Crippen molar-refractivity contribution in [3.8, 4) is 17.0 Å². The van der Waals surface area contributed by atoms with E-state index < -0.39 is 23.9 Å². The van der Waals surface area contributed by atoms with Crippen molar-refractivity contribution in [2.45, 2.75) is 32.0 Å². The standard InChI is InChI=1S/C18H17F3N2O/c1-9(19)17-6-5-13-14(12-4-3-11(20)7-15(12)21)8-16(10(2)22)23-18(13)24-17/h3-4,7-9,17H,2,5-6,22H2,1H3. The lowest BCUT2D eigenvalue weighted by molar-refractivity contribution is 0.0861. The highest BCUT2D eigenvalue weighted by Gasteiger charge is 2.29. The van der Waals surface area contributed by atoms with Crippen molar-refractivity contribution < 1.29 is 17.9 Å². The van der Waals surface area contributed by atoms with Crippen molar-refractivity contribution in [3.63, 3.8) is 0 Å². The Morgan fingerprint density at radius 1 is 1.33 bits per heavy atom. The minimum absolute atomic E-state index is 0.181. The van der Waals surface area contributed by atoms with Crippen LogP contribution in [0.1, 0.15) is 24.6 Å². The fourth-order valence-corrected chi connectivity index (χ4v) is 2.81.